The van der Waals surface area contributed by atoms with Crippen LogP contribution in [0.4, 0.5) is 0 Å². The molecule has 3 heterocycles. The van der Waals surface area contributed by atoms with Crippen molar-refractivity contribution >= 4 is 5.84 Å². The molecule has 0 bridgehead atoms. The molecule has 5 heteroatoms. The van der Waals surface area contributed by atoms with Crippen LogP contribution in [0.2, 0.25) is 0 Å². The summed E-state index contributed by atoms with van der Waals surface area (Å²) in [4.78, 5) is 13.7. The van der Waals surface area contributed by atoms with Gasteiger partial charge in [0, 0.05) is 36.0 Å². The number of aromatic nitrogens is 2. The number of benzene rings is 1. The van der Waals surface area contributed by atoms with Crippen molar-refractivity contribution in [3.8, 4) is 11.4 Å². The molecule has 23 heavy (non-hydrogen) atoms. The number of nitrogens with one attached hydrogen (secondary N) is 2. The highest BCUT2D eigenvalue weighted by molar-refractivity contribution is 5.86. The van der Waals surface area contributed by atoms with Gasteiger partial charge < -0.3 is 10.6 Å². The Morgan fingerprint density at radius 2 is 1.87 bits per heavy atom. The third-order valence-electron chi connectivity index (χ3n) is 4.56. The van der Waals surface area contributed by atoms with Crippen LogP contribution in [0.15, 0.2) is 47.7 Å². The Morgan fingerprint density at radius 1 is 1.04 bits per heavy atom. The summed E-state index contributed by atoms with van der Waals surface area (Å²) in [6.45, 7) is 2.93. The van der Waals surface area contributed by atoms with E-state index in [1.54, 1.807) is 0 Å². The number of aliphatic imine (C=N–C) groups is 1. The zero-order chi connectivity index (χ0) is 15.5. The van der Waals surface area contributed by atoms with Gasteiger partial charge in [-0.15, -0.1) is 0 Å². The predicted molar refractivity (Wildman–Crippen MR) is 91.2 cm³/mol. The minimum atomic E-state index is 0.205. The van der Waals surface area contributed by atoms with E-state index in [2.05, 4.69) is 20.6 Å². The Labute approximate surface area is 136 Å². The van der Waals surface area contributed by atoms with E-state index in [9.17, 15) is 0 Å². The van der Waals surface area contributed by atoms with Crippen LogP contribution in [0.1, 0.15) is 24.4 Å². The van der Waals surface area contributed by atoms with E-state index in [1.807, 2.05) is 42.7 Å². The maximum absolute atomic E-state index is 4.71. The summed E-state index contributed by atoms with van der Waals surface area (Å²) in [6.07, 6.45) is 6.29. The number of nitrogens with zero attached hydrogens (tertiary/aromatic N) is 3. The molecule has 0 spiro atoms. The molecular formula is C18H21N5. The molecule has 0 amide bonds. The Bertz CT molecular complexity index is 674. The van der Waals surface area contributed by atoms with Crippen LogP contribution in [0, 0.1) is 5.92 Å². The first-order valence-corrected chi connectivity index (χ1v) is 8.29. The van der Waals surface area contributed by atoms with Crippen LogP contribution in [-0.2, 0) is 0 Å². The highest BCUT2D eigenvalue weighted by Crippen LogP contribution is 2.22. The standard InChI is InChI=1S/C18H21N5/c1-2-5-13(6-3-1)17-20-10-15(11-21-17)16-12-22-18(23-16)14-7-4-8-19-9-14/h1-3,5-6,10-11,14,16,19H,4,7-9,12H2,(H,22,23). The summed E-state index contributed by atoms with van der Waals surface area (Å²) in [5.41, 5.74) is 2.15. The molecule has 2 atom stereocenters. The Kier molecular flexibility index (Phi) is 4.03. The lowest BCUT2D eigenvalue weighted by Crippen LogP contribution is -2.39. The van der Waals surface area contributed by atoms with Crippen molar-refractivity contribution < 1.29 is 0 Å². The fraction of sp³-hybridized carbons (Fsp3) is 0.389. The quantitative estimate of drug-likeness (QED) is 0.912. The van der Waals surface area contributed by atoms with Crippen molar-refractivity contribution in [1.82, 2.24) is 20.6 Å². The van der Waals surface area contributed by atoms with E-state index in [0.717, 1.165) is 42.4 Å². The summed E-state index contributed by atoms with van der Waals surface area (Å²) in [7, 11) is 0. The molecule has 5 nitrogen and oxygen atoms in total. The second-order valence-corrected chi connectivity index (χ2v) is 6.17. The molecular weight excluding hydrogens is 286 g/mol. The molecule has 1 aromatic carbocycles. The Morgan fingerprint density at radius 3 is 2.61 bits per heavy atom. The van der Waals surface area contributed by atoms with Gasteiger partial charge >= 0.3 is 0 Å². The molecule has 2 aromatic rings. The van der Waals surface area contributed by atoms with Crippen LogP contribution < -0.4 is 10.6 Å². The lowest BCUT2D eigenvalue weighted by Gasteiger charge is -2.24. The van der Waals surface area contributed by atoms with Crippen LogP contribution in [0.3, 0.4) is 0 Å². The number of hydrogen-bond acceptors (Lipinski definition) is 5. The molecule has 1 aromatic heterocycles. The lowest BCUT2D eigenvalue weighted by atomic mass is 9.98. The minimum Gasteiger partial charge on any atom is -0.365 e. The third-order valence-corrected chi connectivity index (χ3v) is 4.56. The van der Waals surface area contributed by atoms with E-state index in [0.29, 0.717) is 5.92 Å². The lowest BCUT2D eigenvalue weighted by molar-refractivity contribution is 0.451. The van der Waals surface area contributed by atoms with Crippen molar-refractivity contribution in [3.63, 3.8) is 0 Å². The minimum absolute atomic E-state index is 0.205. The monoisotopic (exact) mass is 307 g/mol. The molecule has 2 N–H and O–H groups in total. The molecule has 4 rings (SSSR count). The van der Waals surface area contributed by atoms with Gasteiger partial charge in [0.1, 0.15) is 5.84 Å². The normalized spacial score (nSPS) is 24.1. The van der Waals surface area contributed by atoms with Gasteiger partial charge in [0.05, 0.1) is 12.6 Å². The van der Waals surface area contributed by atoms with Gasteiger partial charge in [-0.05, 0) is 19.4 Å². The summed E-state index contributed by atoms with van der Waals surface area (Å²) in [5.74, 6) is 2.44. The highest BCUT2D eigenvalue weighted by Gasteiger charge is 2.26. The molecule has 2 unspecified atom stereocenters. The zero-order valence-corrected chi connectivity index (χ0v) is 13.1. The first-order chi connectivity index (χ1) is 11.4. The highest BCUT2D eigenvalue weighted by atomic mass is 15.1. The number of hydrogen-bond donors (Lipinski definition) is 2. The average molecular weight is 307 g/mol. The molecule has 0 saturated carbocycles. The van der Waals surface area contributed by atoms with Crippen molar-refractivity contribution in [1.29, 1.82) is 0 Å². The molecule has 118 valence electrons. The largest absolute Gasteiger partial charge is 0.365 e. The predicted octanol–water partition coefficient (Wildman–Crippen LogP) is 2.19. The van der Waals surface area contributed by atoms with Gasteiger partial charge in [-0.3, -0.25) is 4.99 Å². The van der Waals surface area contributed by atoms with E-state index >= 15 is 0 Å². The fourth-order valence-electron chi connectivity index (χ4n) is 3.23. The molecule has 0 radical (unpaired) electrons. The second kappa shape index (κ2) is 6.46. The molecule has 2 aliphatic heterocycles. The smallest absolute Gasteiger partial charge is 0.159 e. The van der Waals surface area contributed by atoms with Crippen molar-refractivity contribution in [2.75, 3.05) is 19.6 Å². The third kappa shape index (κ3) is 3.10. The first kappa shape index (κ1) is 14.3. The molecule has 1 saturated heterocycles. The number of piperidine rings is 1. The van der Waals surface area contributed by atoms with Gasteiger partial charge in [0.25, 0.3) is 0 Å². The zero-order valence-electron chi connectivity index (χ0n) is 13.1. The Balaban J connectivity index is 1.43. The van der Waals surface area contributed by atoms with Crippen molar-refractivity contribution in [3.05, 3.63) is 48.3 Å². The van der Waals surface area contributed by atoms with Gasteiger partial charge in [-0.2, -0.15) is 0 Å². The average Bonchev–Trinajstić information content (AvgIpc) is 3.14. The first-order valence-electron chi connectivity index (χ1n) is 8.29. The van der Waals surface area contributed by atoms with E-state index < -0.39 is 0 Å². The summed E-state index contributed by atoms with van der Waals surface area (Å²) < 4.78 is 0. The molecule has 0 aliphatic carbocycles. The SMILES string of the molecule is c1ccc(-c2ncc(C3CN=C(C4CCCNC4)N3)cn2)cc1. The fourth-order valence-corrected chi connectivity index (χ4v) is 3.23. The molecule has 2 aliphatic rings. The van der Waals surface area contributed by atoms with Gasteiger partial charge in [0.15, 0.2) is 5.82 Å². The topological polar surface area (TPSA) is 62.2 Å². The maximum atomic E-state index is 4.71. The summed E-state index contributed by atoms with van der Waals surface area (Å²) in [6, 6.07) is 10.3. The van der Waals surface area contributed by atoms with Crippen LogP contribution in [0.5, 0.6) is 0 Å². The van der Waals surface area contributed by atoms with E-state index in [4.69, 9.17) is 4.99 Å². The van der Waals surface area contributed by atoms with Crippen LogP contribution in [0.25, 0.3) is 11.4 Å². The number of rotatable bonds is 3. The number of amidine groups is 1. The summed E-state index contributed by atoms with van der Waals surface area (Å²) >= 11 is 0. The van der Waals surface area contributed by atoms with Crippen molar-refractivity contribution in [2.45, 2.75) is 18.9 Å². The van der Waals surface area contributed by atoms with Crippen molar-refractivity contribution in [2.24, 2.45) is 10.9 Å². The van der Waals surface area contributed by atoms with Gasteiger partial charge in [-0.1, -0.05) is 30.3 Å². The second-order valence-electron chi connectivity index (χ2n) is 6.17. The van der Waals surface area contributed by atoms with Crippen LogP contribution >= 0.6 is 0 Å². The van der Waals surface area contributed by atoms with Crippen LogP contribution in [-0.4, -0.2) is 35.4 Å². The van der Waals surface area contributed by atoms with E-state index in [1.165, 1.54) is 12.8 Å². The Hall–Kier alpha value is -2.27. The van der Waals surface area contributed by atoms with E-state index in [-0.39, 0.29) is 6.04 Å². The maximum Gasteiger partial charge on any atom is 0.159 e. The molecule has 1 fully saturated rings. The summed E-state index contributed by atoms with van der Waals surface area (Å²) in [5, 5.41) is 7.01. The van der Waals surface area contributed by atoms with Gasteiger partial charge in [0.2, 0.25) is 0 Å². The van der Waals surface area contributed by atoms with Gasteiger partial charge in [-0.25, -0.2) is 9.97 Å².